The summed E-state index contributed by atoms with van der Waals surface area (Å²) in [4.78, 5) is 15.1. The van der Waals surface area contributed by atoms with E-state index in [2.05, 4.69) is 17.6 Å². The Morgan fingerprint density at radius 2 is 2.31 bits per heavy atom. The number of carbonyl (C=O) groups is 1. The maximum absolute atomic E-state index is 11.2. The van der Waals surface area contributed by atoms with Crippen LogP contribution in [0.15, 0.2) is 18.3 Å². The van der Waals surface area contributed by atoms with Gasteiger partial charge in [-0.3, -0.25) is 4.79 Å². The van der Waals surface area contributed by atoms with Gasteiger partial charge < -0.3 is 10.8 Å². The van der Waals surface area contributed by atoms with E-state index >= 15 is 0 Å². The summed E-state index contributed by atoms with van der Waals surface area (Å²) in [6.07, 6.45) is 3.25. The second-order valence-electron chi connectivity index (χ2n) is 3.85. The quantitative estimate of drug-likeness (QED) is 0.685. The van der Waals surface area contributed by atoms with Gasteiger partial charge in [-0.25, -0.2) is 4.98 Å². The molecule has 0 saturated carbocycles. The van der Waals surface area contributed by atoms with Crippen LogP contribution in [0.3, 0.4) is 0 Å². The summed E-state index contributed by atoms with van der Waals surface area (Å²) >= 11 is 4.27. The molecule has 88 valence electrons. The number of anilines is 1. The Morgan fingerprint density at radius 1 is 1.62 bits per heavy atom. The van der Waals surface area contributed by atoms with Gasteiger partial charge in [0, 0.05) is 6.20 Å². The molecule has 0 aliphatic rings. The predicted molar refractivity (Wildman–Crippen MR) is 66.6 cm³/mol. The SMILES string of the molecule is CCCC(S)(Cc1ccc(N)nc1)C(=O)O. The van der Waals surface area contributed by atoms with E-state index in [1.54, 1.807) is 18.3 Å². The zero-order valence-electron chi connectivity index (χ0n) is 9.18. The summed E-state index contributed by atoms with van der Waals surface area (Å²) < 4.78 is -1.02. The van der Waals surface area contributed by atoms with Gasteiger partial charge in [-0.05, 0) is 24.5 Å². The van der Waals surface area contributed by atoms with Gasteiger partial charge >= 0.3 is 5.97 Å². The molecule has 0 amide bonds. The fourth-order valence-corrected chi connectivity index (χ4v) is 1.97. The zero-order valence-corrected chi connectivity index (χ0v) is 10.1. The van der Waals surface area contributed by atoms with Crippen molar-refractivity contribution in [3.8, 4) is 0 Å². The number of aromatic nitrogens is 1. The van der Waals surface area contributed by atoms with Crippen LogP contribution in [0.1, 0.15) is 25.3 Å². The molecule has 0 fully saturated rings. The van der Waals surface area contributed by atoms with E-state index in [0.29, 0.717) is 18.7 Å². The second kappa shape index (κ2) is 5.21. The number of thiol groups is 1. The first-order chi connectivity index (χ1) is 7.48. The van der Waals surface area contributed by atoms with E-state index < -0.39 is 10.7 Å². The topological polar surface area (TPSA) is 76.2 Å². The molecule has 4 nitrogen and oxygen atoms in total. The highest BCUT2D eigenvalue weighted by molar-refractivity contribution is 7.82. The molecule has 0 spiro atoms. The van der Waals surface area contributed by atoms with Crippen molar-refractivity contribution in [2.45, 2.75) is 30.9 Å². The highest BCUT2D eigenvalue weighted by atomic mass is 32.1. The van der Waals surface area contributed by atoms with Crippen molar-refractivity contribution < 1.29 is 9.90 Å². The van der Waals surface area contributed by atoms with E-state index in [4.69, 9.17) is 10.8 Å². The van der Waals surface area contributed by atoms with Crippen LogP contribution in [0.25, 0.3) is 0 Å². The lowest BCUT2D eigenvalue weighted by molar-refractivity contribution is -0.140. The molecular formula is C11H16N2O2S. The first kappa shape index (κ1) is 12.8. The average Bonchev–Trinajstić information content (AvgIpc) is 2.22. The normalized spacial score (nSPS) is 14.4. The molecule has 1 heterocycles. The Bertz CT molecular complexity index is 367. The minimum absolute atomic E-state index is 0.354. The van der Waals surface area contributed by atoms with Gasteiger partial charge in [-0.1, -0.05) is 19.4 Å². The van der Waals surface area contributed by atoms with Crippen LogP contribution in [0.5, 0.6) is 0 Å². The van der Waals surface area contributed by atoms with E-state index in [1.807, 2.05) is 6.92 Å². The smallest absolute Gasteiger partial charge is 0.319 e. The van der Waals surface area contributed by atoms with Crippen molar-refractivity contribution in [1.29, 1.82) is 0 Å². The molecule has 0 radical (unpaired) electrons. The largest absolute Gasteiger partial charge is 0.480 e. The van der Waals surface area contributed by atoms with Crippen LogP contribution in [-0.4, -0.2) is 20.8 Å². The third-order valence-corrected chi connectivity index (χ3v) is 2.98. The number of aliphatic carboxylic acids is 1. The molecule has 1 unspecified atom stereocenters. The number of hydrogen-bond donors (Lipinski definition) is 3. The third kappa shape index (κ3) is 3.13. The van der Waals surface area contributed by atoms with E-state index in [9.17, 15) is 4.79 Å². The van der Waals surface area contributed by atoms with Crippen LogP contribution < -0.4 is 5.73 Å². The van der Waals surface area contributed by atoms with Crippen LogP contribution in [0.2, 0.25) is 0 Å². The highest BCUT2D eigenvalue weighted by Gasteiger charge is 2.33. The lowest BCUT2D eigenvalue weighted by Crippen LogP contribution is -2.34. The van der Waals surface area contributed by atoms with Gasteiger partial charge in [0.1, 0.15) is 10.6 Å². The van der Waals surface area contributed by atoms with E-state index in [1.165, 1.54) is 0 Å². The van der Waals surface area contributed by atoms with Gasteiger partial charge in [0.25, 0.3) is 0 Å². The van der Waals surface area contributed by atoms with Crippen molar-refractivity contribution in [3.05, 3.63) is 23.9 Å². The number of carboxylic acids is 1. The molecule has 1 aromatic rings. The van der Waals surface area contributed by atoms with Crippen LogP contribution in [0, 0.1) is 0 Å². The summed E-state index contributed by atoms with van der Waals surface area (Å²) in [7, 11) is 0. The second-order valence-corrected chi connectivity index (χ2v) is 4.71. The average molecular weight is 240 g/mol. The number of nitrogens with zero attached hydrogens (tertiary/aromatic N) is 1. The Morgan fingerprint density at radius 3 is 2.75 bits per heavy atom. The highest BCUT2D eigenvalue weighted by Crippen LogP contribution is 2.26. The summed E-state index contributed by atoms with van der Waals surface area (Å²) in [5.41, 5.74) is 6.30. The molecule has 1 aromatic heterocycles. The Labute approximate surface area is 100 Å². The molecule has 1 atom stereocenters. The minimum Gasteiger partial charge on any atom is -0.480 e. The van der Waals surface area contributed by atoms with Crippen LogP contribution in [-0.2, 0) is 11.2 Å². The van der Waals surface area contributed by atoms with Crippen molar-refractivity contribution >= 4 is 24.4 Å². The van der Waals surface area contributed by atoms with Crippen molar-refractivity contribution in [1.82, 2.24) is 4.98 Å². The maximum atomic E-state index is 11.2. The molecule has 1 rings (SSSR count). The van der Waals surface area contributed by atoms with Gasteiger partial charge in [0.05, 0.1) is 0 Å². The standard InChI is InChI=1S/C11H16N2O2S/c1-2-5-11(16,10(14)15)6-8-3-4-9(12)13-7-8/h3-4,7,16H,2,5-6H2,1H3,(H2,12,13)(H,14,15). The Hall–Kier alpha value is -1.23. The predicted octanol–water partition coefficient (Wildman–Crippen LogP) is 1.76. The van der Waals surface area contributed by atoms with Crippen molar-refractivity contribution in [2.24, 2.45) is 0 Å². The summed E-state index contributed by atoms with van der Waals surface area (Å²) in [5, 5.41) is 9.16. The van der Waals surface area contributed by atoms with Crippen molar-refractivity contribution in [3.63, 3.8) is 0 Å². The van der Waals surface area contributed by atoms with Crippen LogP contribution in [0.4, 0.5) is 5.82 Å². The molecule has 0 aliphatic heterocycles. The number of hydrogen-bond acceptors (Lipinski definition) is 4. The summed E-state index contributed by atoms with van der Waals surface area (Å²) in [6, 6.07) is 3.45. The number of pyridine rings is 1. The Balaban J connectivity index is 2.83. The van der Waals surface area contributed by atoms with E-state index in [-0.39, 0.29) is 0 Å². The summed E-state index contributed by atoms with van der Waals surface area (Å²) in [5.74, 6) is -0.464. The first-order valence-corrected chi connectivity index (χ1v) is 5.59. The molecule has 16 heavy (non-hydrogen) atoms. The minimum atomic E-state index is -1.02. The fraction of sp³-hybridized carbons (Fsp3) is 0.455. The van der Waals surface area contributed by atoms with Gasteiger partial charge in [-0.2, -0.15) is 12.6 Å². The monoisotopic (exact) mass is 240 g/mol. The molecule has 3 N–H and O–H groups in total. The van der Waals surface area contributed by atoms with Gasteiger partial charge in [0.15, 0.2) is 0 Å². The number of nitrogens with two attached hydrogens (primary N) is 1. The van der Waals surface area contributed by atoms with Crippen molar-refractivity contribution in [2.75, 3.05) is 5.73 Å². The molecule has 0 aliphatic carbocycles. The molecule has 0 saturated heterocycles. The first-order valence-electron chi connectivity index (χ1n) is 5.14. The Kier molecular flexibility index (Phi) is 4.18. The summed E-state index contributed by atoms with van der Waals surface area (Å²) in [6.45, 7) is 1.94. The molecule has 0 aromatic carbocycles. The zero-order chi connectivity index (χ0) is 12.2. The molecule has 0 bridgehead atoms. The lowest BCUT2D eigenvalue weighted by atomic mass is 9.95. The number of rotatable bonds is 5. The fourth-order valence-electron chi connectivity index (χ4n) is 1.56. The lowest BCUT2D eigenvalue weighted by Gasteiger charge is -2.23. The molecule has 5 heteroatoms. The van der Waals surface area contributed by atoms with Gasteiger partial charge in [0.2, 0.25) is 0 Å². The van der Waals surface area contributed by atoms with E-state index in [0.717, 1.165) is 12.0 Å². The van der Waals surface area contributed by atoms with Gasteiger partial charge in [-0.15, -0.1) is 0 Å². The number of nitrogen functional groups attached to an aromatic ring is 1. The van der Waals surface area contributed by atoms with Crippen LogP contribution >= 0.6 is 12.6 Å². The molecular weight excluding hydrogens is 224 g/mol. The third-order valence-electron chi connectivity index (χ3n) is 2.41. The maximum Gasteiger partial charge on any atom is 0.319 e. The number of carboxylic acid groups (broad SMARTS) is 1.